The Morgan fingerprint density at radius 3 is 2.79 bits per heavy atom. The molecule has 0 fully saturated rings. The van der Waals surface area contributed by atoms with Gasteiger partial charge in [0.1, 0.15) is 24.6 Å². The number of hydrogen-bond donors (Lipinski definition) is 2. The lowest BCUT2D eigenvalue weighted by atomic mass is 10.0. The van der Waals surface area contributed by atoms with Crippen LogP contribution in [0.3, 0.4) is 0 Å². The molecule has 8 heteroatoms. The maximum atomic E-state index is 12.7. The van der Waals surface area contributed by atoms with Crippen LogP contribution in [0.2, 0.25) is 0 Å². The van der Waals surface area contributed by atoms with Crippen LogP contribution in [0.15, 0.2) is 40.9 Å². The van der Waals surface area contributed by atoms with Crippen molar-refractivity contribution in [2.24, 2.45) is 5.92 Å². The number of rotatable bonds is 6. The maximum absolute atomic E-state index is 12.7. The van der Waals surface area contributed by atoms with Gasteiger partial charge in [-0.15, -0.1) is 0 Å². The number of fused-ring (bicyclic) bond motifs is 1. The largest absolute Gasteiger partial charge is 0.473 e. The molecule has 0 saturated heterocycles. The SMILES string of the molecule is CC(C)C[C@H](NC(=O)c1cc2ccscc-2c1)C(=O)NC1=COCOCC1=O. The van der Waals surface area contributed by atoms with Crippen LogP contribution >= 0.6 is 11.3 Å². The summed E-state index contributed by atoms with van der Waals surface area (Å²) < 4.78 is 9.97. The third kappa shape index (κ3) is 4.96. The minimum atomic E-state index is -0.786. The van der Waals surface area contributed by atoms with E-state index in [4.69, 9.17) is 9.47 Å². The van der Waals surface area contributed by atoms with Gasteiger partial charge in [-0.2, -0.15) is 11.3 Å². The minimum Gasteiger partial charge on any atom is -0.473 e. The number of carbonyl (C=O) groups excluding carboxylic acids is 3. The first-order valence-corrected chi connectivity index (χ1v) is 9.88. The molecule has 2 heterocycles. The van der Waals surface area contributed by atoms with Gasteiger partial charge in [-0.05, 0) is 52.4 Å². The third-order valence-corrected chi connectivity index (χ3v) is 4.89. The molecule has 0 spiro atoms. The molecule has 3 rings (SSSR count). The van der Waals surface area contributed by atoms with Gasteiger partial charge in [0.05, 0.1) is 0 Å². The van der Waals surface area contributed by atoms with E-state index in [1.165, 1.54) is 6.26 Å². The summed E-state index contributed by atoms with van der Waals surface area (Å²) in [7, 11) is 0. The Morgan fingerprint density at radius 1 is 1.25 bits per heavy atom. The molecule has 148 valence electrons. The van der Waals surface area contributed by atoms with Crippen molar-refractivity contribution in [1.29, 1.82) is 0 Å². The Hall–Kier alpha value is -2.71. The van der Waals surface area contributed by atoms with E-state index >= 15 is 0 Å². The summed E-state index contributed by atoms with van der Waals surface area (Å²) in [5.74, 6) is -1.02. The number of ketones is 1. The predicted molar refractivity (Wildman–Crippen MR) is 105 cm³/mol. The average Bonchev–Trinajstić information content (AvgIpc) is 3.00. The molecule has 2 amide bonds. The van der Waals surface area contributed by atoms with Crippen LogP contribution in [0.4, 0.5) is 0 Å². The molecule has 0 unspecified atom stereocenters. The summed E-state index contributed by atoms with van der Waals surface area (Å²) >= 11 is 1.55. The summed E-state index contributed by atoms with van der Waals surface area (Å²) in [6.07, 6.45) is 1.60. The zero-order valence-corrected chi connectivity index (χ0v) is 16.5. The van der Waals surface area contributed by atoms with E-state index in [0.29, 0.717) is 12.0 Å². The van der Waals surface area contributed by atoms with Crippen molar-refractivity contribution in [1.82, 2.24) is 10.6 Å². The Morgan fingerprint density at radius 2 is 2.04 bits per heavy atom. The van der Waals surface area contributed by atoms with Crippen LogP contribution in [-0.4, -0.2) is 37.0 Å². The summed E-state index contributed by atoms with van der Waals surface area (Å²) in [5.41, 5.74) is 2.47. The molecule has 1 aliphatic carbocycles. The van der Waals surface area contributed by atoms with Crippen molar-refractivity contribution in [2.45, 2.75) is 26.3 Å². The smallest absolute Gasteiger partial charge is 0.251 e. The molecule has 0 bridgehead atoms. The fraction of sp³-hybridized carbons (Fsp3) is 0.350. The zero-order valence-electron chi connectivity index (χ0n) is 15.7. The Bertz CT molecular complexity index is 843. The molecule has 3 aliphatic rings. The zero-order chi connectivity index (χ0) is 20.1. The molecule has 2 aliphatic heterocycles. The number of ether oxygens (including phenoxy) is 2. The van der Waals surface area contributed by atoms with E-state index in [0.717, 1.165) is 11.1 Å². The van der Waals surface area contributed by atoms with E-state index < -0.39 is 11.9 Å². The molecule has 28 heavy (non-hydrogen) atoms. The monoisotopic (exact) mass is 402 g/mol. The van der Waals surface area contributed by atoms with Crippen LogP contribution in [-0.2, 0) is 19.1 Å². The fourth-order valence-electron chi connectivity index (χ4n) is 2.85. The number of nitrogens with one attached hydrogen (secondary N) is 2. The average molecular weight is 402 g/mol. The van der Waals surface area contributed by atoms with Crippen LogP contribution in [0.1, 0.15) is 30.6 Å². The molecule has 0 radical (unpaired) electrons. The molecule has 7 nitrogen and oxygen atoms in total. The van der Waals surface area contributed by atoms with E-state index in [9.17, 15) is 14.4 Å². The van der Waals surface area contributed by atoms with E-state index in [2.05, 4.69) is 10.6 Å². The number of hydrogen-bond acceptors (Lipinski definition) is 6. The second-order valence-corrected chi connectivity index (χ2v) is 7.72. The Balaban J connectivity index is 1.73. The molecular formula is C20H22N2O5S. The van der Waals surface area contributed by atoms with Gasteiger partial charge in [-0.1, -0.05) is 13.8 Å². The fourth-order valence-corrected chi connectivity index (χ4v) is 3.51. The molecule has 0 aromatic rings. The highest BCUT2D eigenvalue weighted by Gasteiger charge is 2.26. The lowest BCUT2D eigenvalue weighted by Gasteiger charge is -2.20. The predicted octanol–water partition coefficient (Wildman–Crippen LogP) is 2.53. The van der Waals surface area contributed by atoms with Gasteiger partial charge in [0.15, 0.2) is 6.79 Å². The Kier molecular flexibility index (Phi) is 6.43. The first kappa shape index (κ1) is 20.0. The molecule has 0 aromatic heterocycles. The number of Topliss-reactive ketones (excluding diaryl/α,β-unsaturated/α-hetero) is 1. The molecule has 0 saturated carbocycles. The lowest BCUT2D eigenvalue weighted by molar-refractivity contribution is -0.126. The van der Waals surface area contributed by atoms with Crippen LogP contribution < -0.4 is 10.6 Å². The maximum Gasteiger partial charge on any atom is 0.251 e. The first-order valence-electron chi connectivity index (χ1n) is 8.94. The van der Waals surface area contributed by atoms with Gasteiger partial charge < -0.3 is 20.1 Å². The number of amides is 2. The van der Waals surface area contributed by atoms with Crippen LogP contribution in [0.5, 0.6) is 0 Å². The van der Waals surface area contributed by atoms with Gasteiger partial charge in [0.2, 0.25) is 11.7 Å². The van der Waals surface area contributed by atoms with Crippen molar-refractivity contribution >= 4 is 28.9 Å². The van der Waals surface area contributed by atoms with E-state index in [1.54, 1.807) is 23.5 Å². The first-order chi connectivity index (χ1) is 13.4. The third-order valence-electron chi connectivity index (χ3n) is 4.21. The topological polar surface area (TPSA) is 93.7 Å². The van der Waals surface area contributed by atoms with E-state index in [1.807, 2.05) is 30.7 Å². The second-order valence-electron chi connectivity index (χ2n) is 6.94. The molecule has 0 aromatic carbocycles. The molecule has 2 N–H and O–H groups in total. The van der Waals surface area contributed by atoms with Crippen molar-refractivity contribution in [2.75, 3.05) is 13.4 Å². The highest BCUT2D eigenvalue weighted by atomic mass is 32.1. The van der Waals surface area contributed by atoms with Gasteiger partial charge in [-0.25, -0.2) is 0 Å². The molecule has 1 atom stereocenters. The van der Waals surface area contributed by atoms with Gasteiger partial charge in [0, 0.05) is 5.56 Å². The highest BCUT2D eigenvalue weighted by molar-refractivity contribution is 7.07. The molecular weight excluding hydrogens is 380 g/mol. The normalized spacial score (nSPS) is 15.5. The summed E-state index contributed by atoms with van der Waals surface area (Å²) in [6.45, 7) is 3.69. The van der Waals surface area contributed by atoms with Crippen LogP contribution in [0.25, 0.3) is 11.1 Å². The lowest BCUT2D eigenvalue weighted by Crippen LogP contribution is -2.48. The van der Waals surface area contributed by atoms with E-state index in [-0.39, 0.29) is 36.7 Å². The second kappa shape index (κ2) is 8.99. The van der Waals surface area contributed by atoms with Gasteiger partial charge in [0.25, 0.3) is 5.91 Å². The Labute approximate surface area is 167 Å². The minimum absolute atomic E-state index is 0.0195. The highest BCUT2D eigenvalue weighted by Crippen LogP contribution is 2.27. The van der Waals surface area contributed by atoms with Gasteiger partial charge >= 0.3 is 0 Å². The summed E-state index contributed by atoms with van der Waals surface area (Å²) in [5, 5.41) is 9.25. The summed E-state index contributed by atoms with van der Waals surface area (Å²) in [6, 6.07) is 4.76. The summed E-state index contributed by atoms with van der Waals surface area (Å²) in [4.78, 5) is 37.4. The van der Waals surface area contributed by atoms with Crippen molar-refractivity contribution < 1.29 is 23.9 Å². The number of carbonyl (C=O) groups is 3. The van der Waals surface area contributed by atoms with Gasteiger partial charge in [-0.3, -0.25) is 14.4 Å². The van der Waals surface area contributed by atoms with Crippen molar-refractivity contribution in [3.63, 3.8) is 0 Å². The van der Waals surface area contributed by atoms with Crippen LogP contribution in [0, 0.1) is 5.92 Å². The van der Waals surface area contributed by atoms with Crippen molar-refractivity contribution in [3.05, 3.63) is 46.5 Å². The van der Waals surface area contributed by atoms with Crippen molar-refractivity contribution in [3.8, 4) is 11.1 Å². The standard InChI is InChI=1S/C20H22N2O5S/c1-12(2)5-16(20(25)22-17-8-26-11-27-9-18(17)23)21-19(24)14-6-13-3-4-28-10-15(13)7-14/h3-4,6-8,10,12,16H,5,9,11H2,1-2H3,(H,21,24)(H,22,25)/t16-/m0/s1. The quantitative estimate of drug-likeness (QED) is 0.774.